The Bertz CT molecular complexity index is 935. The Morgan fingerprint density at radius 2 is 1.84 bits per heavy atom. The van der Waals surface area contributed by atoms with Crippen molar-refractivity contribution < 1.29 is 19.0 Å². The summed E-state index contributed by atoms with van der Waals surface area (Å²) >= 11 is 0. The molecule has 2 aromatic rings. The van der Waals surface area contributed by atoms with Crippen molar-refractivity contribution >= 4 is 22.6 Å². The average Bonchev–Trinajstić information content (AvgIpc) is 2.86. The summed E-state index contributed by atoms with van der Waals surface area (Å²) in [4.78, 5) is 25.2. The fourth-order valence-electron chi connectivity index (χ4n) is 4.91. The quantitative estimate of drug-likeness (QED) is 0.765. The minimum absolute atomic E-state index is 0.0142. The van der Waals surface area contributed by atoms with E-state index < -0.39 is 5.60 Å². The molecular formula is C24H32N4O4. The molecule has 2 aliphatic heterocycles. The maximum atomic E-state index is 13.6. The highest BCUT2D eigenvalue weighted by Gasteiger charge is 2.43. The van der Waals surface area contributed by atoms with Gasteiger partial charge in [0.25, 0.3) is 5.91 Å². The maximum Gasteiger partial charge on any atom is 0.264 e. The number of rotatable bonds is 5. The molecule has 3 aliphatic rings. The van der Waals surface area contributed by atoms with E-state index in [2.05, 4.69) is 15.2 Å². The summed E-state index contributed by atoms with van der Waals surface area (Å²) in [5, 5.41) is 4.10. The lowest BCUT2D eigenvalue weighted by Gasteiger charge is -2.38. The van der Waals surface area contributed by atoms with Crippen LogP contribution >= 0.6 is 0 Å². The molecule has 172 valence electrons. The maximum absolute atomic E-state index is 13.6. The Morgan fingerprint density at radius 1 is 1.09 bits per heavy atom. The van der Waals surface area contributed by atoms with Crippen LogP contribution in [0.2, 0.25) is 0 Å². The summed E-state index contributed by atoms with van der Waals surface area (Å²) in [5.41, 5.74) is -0.0644. The van der Waals surface area contributed by atoms with Gasteiger partial charge in [-0.15, -0.1) is 0 Å². The van der Waals surface area contributed by atoms with Gasteiger partial charge in [0.2, 0.25) is 5.88 Å². The molecule has 0 aromatic carbocycles. The second-order valence-corrected chi connectivity index (χ2v) is 8.97. The van der Waals surface area contributed by atoms with Gasteiger partial charge in [0.1, 0.15) is 5.82 Å². The Labute approximate surface area is 188 Å². The molecule has 3 fully saturated rings. The molecule has 1 saturated carbocycles. The lowest BCUT2D eigenvalue weighted by molar-refractivity contribution is -0.141. The number of amides is 1. The number of hydrogen-bond acceptors (Lipinski definition) is 7. The van der Waals surface area contributed by atoms with Gasteiger partial charge in [0, 0.05) is 44.6 Å². The third-order valence-electron chi connectivity index (χ3n) is 6.81. The summed E-state index contributed by atoms with van der Waals surface area (Å²) in [6, 6.07) is 6.01. The molecule has 1 amide bonds. The number of hydrogen-bond donors (Lipinski definition) is 1. The van der Waals surface area contributed by atoms with E-state index in [1.807, 2.05) is 18.2 Å². The molecule has 0 atom stereocenters. The summed E-state index contributed by atoms with van der Waals surface area (Å²) in [6.45, 7) is 4.29. The van der Waals surface area contributed by atoms with Crippen LogP contribution in [0.3, 0.4) is 0 Å². The fraction of sp³-hybridized carbons (Fsp3) is 0.625. The predicted octanol–water partition coefficient (Wildman–Crippen LogP) is 2.84. The minimum Gasteiger partial charge on any atom is -0.460 e. The first-order chi connectivity index (χ1) is 15.7. The van der Waals surface area contributed by atoms with E-state index in [1.54, 1.807) is 6.20 Å². The van der Waals surface area contributed by atoms with E-state index in [4.69, 9.17) is 19.2 Å². The average molecular weight is 441 g/mol. The zero-order valence-electron chi connectivity index (χ0n) is 18.6. The molecule has 32 heavy (non-hydrogen) atoms. The molecule has 0 spiro atoms. The number of morpholine rings is 1. The predicted molar refractivity (Wildman–Crippen MR) is 121 cm³/mol. The largest absolute Gasteiger partial charge is 0.460 e. The minimum atomic E-state index is -0.893. The van der Waals surface area contributed by atoms with Gasteiger partial charge in [-0.25, -0.2) is 0 Å². The number of carbonyl (C=O) groups excluding carboxylic acids is 1. The summed E-state index contributed by atoms with van der Waals surface area (Å²) in [7, 11) is 0. The van der Waals surface area contributed by atoms with E-state index in [9.17, 15) is 4.79 Å². The van der Waals surface area contributed by atoms with Gasteiger partial charge in [-0.05, 0) is 50.7 Å². The highest BCUT2D eigenvalue weighted by molar-refractivity contribution is 5.89. The molecule has 0 bridgehead atoms. The van der Waals surface area contributed by atoms with Gasteiger partial charge in [-0.2, -0.15) is 4.98 Å². The Morgan fingerprint density at radius 3 is 2.62 bits per heavy atom. The first-order valence-corrected chi connectivity index (χ1v) is 11.9. The van der Waals surface area contributed by atoms with Gasteiger partial charge in [-0.3, -0.25) is 9.78 Å². The smallest absolute Gasteiger partial charge is 0.264 e. The van der Waals surface area contributed by atoms with Gasteiger partial charge in [-0.1, -0.05) is 6.42 Å². The van der Waals surface area contributed by atoms with Gasteiger partial charge < -0.3 is 24.4 Å². The van der Waals surface area contributed by atoms with Crippen LogP contribution in [-0.2, 0) is 14.3 Å². The molecule has 8 heteroatoms. The summed E-state index contributed by atoms with van der Waals surface area (Å²) in [5.74, 6) is 1.31. The highest BCUT2D eigenvalue weighted by atomic mass is 16.5. The Balaban J connectivity index is 1.47. The van der Waals surface area contributed by atoms with Crippen LogP contribution in [0.5, 0.6) is 5.88 Å². The molecule has 2 aromatic heterocycles. The lowest BCUT2D eigenvalue weighted by atomic mass is 9.83. The number of fused-ring (bicyclic) bond motifs is 1. The molecule has 1 N–H and O–H groups in total. The fourth-order valence-corrected chi connectivity index (χ4v) is 4.91. The zero-order chi connectivity index (χ0) is 21.8. The second-order valence-electron chi connectivity index (χ2n) is 8.97. The molecule has 4 heterocycles. The van der Waals surface area contributed by atoms with E-state index in [0.29, 0.717) is 45.1 Å². The van der Waals surface area contributed by atoms with E-state index in [1.165, 1.54) is 0 Å². The third kappa shape index (κ3) is 4.52. The number of anilines is 1. The monoisotopic (exact) mass is 440 g/mol. The molecule has 1 aliphatic carbocycles. The van der Waals surface area contributed by atoms with Crippen molar-refractivity contribution in [2.45, 2.75) is 56.6 Å². The second kappa shape index (κ2) is 9.58. The molecule has 5 rings (SSSR count). The van der Waals surface area contributed by atoms with Crippen molar-refractivity contribution in [1.29, 1.82) is 0 Å². The van der Waals surface area contributed by atoms with Crippen LogP contribution in [-0.4, -0.2) is 67.0 Å². The van der Waals surface area contributed by atoms with Crippen molar-refractivity contribution in [2.75, 3.05) is 44.4 Å². The first kappa shape index (κ1) is 21.4. The SMILES string of the molecule is O=C(NC1CCOCC1)C1(Oc2nc(N3CCOCC3)cc3ncccc23)CCCCC1. The zero-order valence-corrected chi connectivity index (χ0v) is 18.6. The molecule has 8 nitrogen and oxygen atoms in total. The van der Waals surface area contributed by atoms with Crippen molar-refractivity contribution in [3.63, 3.8) is 0 Å². The Hall–Kier alpha value is -2.45. The molecule has 0 unspecified atom stereocenters. The number of pyridine rings is 2. The summed E-state index contributed by atoms with van der Waals surface area (Å²) in [6.07, 6.45) is 7.95. The van der Waals surface area contributed by atoms with Crippen LogP contribution in [0.4, 0.5) is 5.82 Å². The van der Waals surface area contributed by atoms with E-state index >= 15 is 0 Å². The number of aromatic nitrogens is 2. The van der Waals surface area contributed by atoms with Crippen LogP contribution in [0.25, 0.3) is 10.9 Å². The van der Waals surface area contributed by atoms with Crippen molar-refractivity contribution in [3.05, 3.63) is 24.4 Å². The van der Waals surface area contributed by atoms with Crippen LogP contribution in [0.15, 0.2) is 24.4 Å². The Kier molecular flexibility index (Phi) is 6.41. The number of carbonyl (C=O) groups is 1. The molecular weight excluding hydrogens is 408 g/mol. The van der Waals surface area contributed by atoms with Gasteiger partial charge >= 0.3 is 0 Å². The van der Waals surface area contributed by atoms with Crippen molar-refractivity contribution in [2.24, 2.45) is 0 Å². The number of nitrogens with zero attached hydrogens (tertiary/aromatic N) is 3. The number of nitrogens with one attached hydrogen (secondary N) is 1. The number of ether oxygens (including phenoxy) is 3. The standard InChI is InChI=1S/C24H32N4O4/c29-23(26-18-6-13-30-14-7-18)24(8-2-1-3-9-24)32-22-19-5-4-10-25-20(19)17-21(27-22)28-11-15-31-16-12-28/h4-5,10,17-18H,1-3,6-9,11-16H2,(H,26,29). The topological polar surface area (TPSA) is 85.8 Å². The van der Waals surface area contributed by atoms with Gasteiger partial charge in [0.15, 0.2) is 5.60 Å². The van der Waals surface area contributed by atoms with Crippen LogP contribution in [0, 0.1) is 0 Å². The van der Waals surface area contributed by atoms with E-state index in [0.717, 1.165) is 61.9 Å². The highest BCUT2D eigenvalue weighted by Crippen LogP contribution is 2.37. The van der Waals surface area contributed by atoms with E-state index in [-0.39, 0.29) is 11.9 Å². The molecule has 0 radical (unpaired) electrons. The van der Waals surface area contributed by atoms with Crippen molar-refractivity contribution in [1.82, 2.24) is 15.3 Å². The molecule has 2 saturated heterocycles. The van der Waals surface area contributed by atoms with Crippen LogP contribution < -0.4 is 15.0 Å². The normalized spacial score (nSPS) is 21.9. The lowest BCUT2D eigenvalue weighted by Crippen LogP contribution is -2.55. The third-order valence-corrected chi connectivity index (χ3v) is 6.81. The first-order valence-electron chi connectivity index (χ1n) is 11.9. The summed E-state index contributed by atoms with van der Waals surface area (Å²) < 4.78 is 17.6. The van der Waals surface area contributed by atoms with Crippen LogP contribution in [0.1, 0.15) is 44.9 Å². The van der Waals surface area contributed by atoms with Crippen molar-refractivity contribution in [3.8, 4) is 5.88 Å². The van der Waals surface area contributed by atoms with Gasteiger partial charge in [0.05, 0.1) is 24.1 Å².